The average molecular weight is 344 g/mol. The number of amides is 1. The molecule has 1 amide bonds. The lowest BCUT2D eigenvalue weighted by Crippen LogP contribution is -2.32. The zero-order chi connectivity index (χ0) is 18.2. The highest BCUT2D eigenvalue weighted by Gasteiger charge is 2.15. The van der Waals surface area contributed by atoms with Gasteiger partial charge < -0.3 is 9.47 Å². The molecule has 3 heteroatoms. The van der Waals surface area contributed by atoms with E-state index in [0.29, 0.717) is 19.5 Å². The minimum absolute atomic E-state index is 0.114. The molecule has 0 aliphatic rings. The smallest absolute Gasteiger partial charge is 0.227 e. The van der Waals surface area contributed by atoms with Crippen LogP contribution in [0.2, 0.25) is 0 Å². The summed E-state index contributed by atoms with van der Waals surface area (Å²) in [4.78, 5) is 14.6. The molecule has 1 heterocycles. The van der Waals surface area contributed by atoms with Gasteiger partial charge in [-0.15, -0.1) is 6.58 Å². The Bertz CT molecular complexity index is 837. The van der Waals surface area contributed by atoms with Gasteiger partial charge >= 0.3 is 0 Å². The fraction of sp³-hybridized carbons (Fsp3) is 0.174. The summed E-state index contributed by atoms with van der Waals surface area (Å²) in [6.07, 6.45) is 4.26. The van der Waals surface area contributed by atoms with Gasteiger partial charge in [-0.05, 0) is 23.3 Å². The first kappa shape index (κ1) is 17.7. The fourth-order valence-electron chi connectivity index (χ4n) is 3.02. The molecule has 0 aliphatic heterocycles. The van der Waals surface area contributed by atoms with Crippen molar-refractivity contribution < 1.29 is 4.79 Å². The minimum atomic E-state index is 0.114. The molecule has 0 bridgehead atoms. The van der Waals surface area contributed by atoms with Crippen molar-refractivity contribution in [2.75, 3.05) is 6.54 Å². The summed E-state index contributed by atoms with van der Waals surface area (Å²) in [6, 6.07) is 24.3. The molecule has 0 spiro atoms. The Kier molecular flexibility index (Phi) is 6.05. The van der Waals surface area contributed by atoms with Crippen LogP contribution in [0.1, 0.15) is 16.8 Å². The van der Waals surface area contributed by atoms with Gasteiger partial charge in [-0.1, -0.05) is 66.7 Å². The maximum Gasteiger partial charge on any atom is 0.227 e. The van der Waals surface area contributed by atoms with Gasteiger partial charge in [0.15, 0.2) is 0 Å². The summed E-state index contributed by atoms with van der Waals surface area (Å²) in [5.74, 6) is 0.114. The molecule has 3 rings (SSSR count). The van der Waals surface area contributed by atoms with Crippen molar-refractivity contribution >= 4 is 5.91 Å². The second kappa shape index (κ2) is 8.86. The lowest BCUT2D eigenvalue weighted by molar-refractivity contribution is -0.130. The second-order valence-electron chi connectivity index (χ2n) is 6.34. The lowest BCUT2D eigenvalue weighted by atomic mass is 10.1. The van der Waals surface area contributed by atoms with Crippen LogP contribution in [-0.4, -0.2) is 21.9 Å². The summed E-state index contributed by atoms with van der Waals surface area (Å²) >= 11 is 0. The van der Waals surface area contributed by atoms with Gasteiger partial charge in [0.25, 0.3) is 0 Å². The van der Waals surface area contributed by atoms with E-state index >= 15 is 0 Å². The van der Waals surface area contributed by atoms with Crippen molar-refractivity contribution in [2.45, 2.75) is 19.5 Å². The van der Waals surface area contributed by atoms with Gasteiger partial charge in [0.2, 0.25) is 5.91 Å². The molecule has 3 aromatic rings. The first-order chi connectivity index (χ1) is 12.8. The molecule has 0 saturated carbocycles. The van der Waals surface area contributed by atoms with Crippen LogP contribution in [0.4, 0.5) is 0 Å². The van der Waals surface area contributed by atoms with Gasteiger partial charge in [-0.25, -0.2) is 0 Å². The first-order valence-electron chi connectivity index (χ1n) is 8.87. The number of carbonyl (C=O) groups is 1. The Morgan fingerprint density at radius 2 is 1.58 bits per heavy atom. The van der Waals surface area contributed by atoms with Gasteiger partial charge in [0, 0.05) is 25.0 Å². The first-order valence-corrected chi connectivity index (χ1v) is 8.87. The Hall–Kier alpha value is -3.07. The molecule has 2 aromatic carbocycles. The van der Waals surface area contributed by atoms with Crippen molar-refractivity contribution in [1.82, 2.24) is 9.47 Å². The number of hydrogen-bond donors (Lipinski definition) is 0. The van der Waals surface area contributed by atoms with Crippen molar-refractivity contribution in [2.24, 2.45) is 0 Å². The molecule has 0 atom stereocenters. The summed E-state index contributed by atoms with van der Waals surface area (Å²) < 4.78 is 2.20. The fourth-order valence-corrected chi connectivity index (χ4v) is 3.02. The highest BCUT2D eigenvalue weighted by Crippen LogP contribution is 2.12. The SMILES string of the molecule is C=CCN(Cc1cccn1Cc1ccccc1)C(=O)Cc1ccccc1. The molecule has 0 fully saturated rings. The Labute approximate surface area is 155 Å². The summed E-state index contributed by atoms with van der Waals surface area (Å²) in [5, 5.41) is 0. The molecule has 0 saturated heterocycles. The topological polar surface area (TPSA) is 25.2 Å². The van der Waals surface area contributed by atoms with Crippen molar-refractivity contribution in [3.05, 3.63) is 108 Å². The number of rotatable bonds is 8. The predicted molar refractivity (Wildman–Crippen MR) is 106 cm³/mol. The standard InChI is InChI=1S/C23H24N2O/c1-2-15-25(23(26)17-20-10-5-3-6-11-20)19-22-14-9-16-24(22)18-21-12-7-4-8-13-21/h2-14,16H,1,15,17-19H2. The Morgan fingerprint density at radius 1 is 0.923 bits per heavy atom. The number of carbonyl (C=O) groups excluding carboxylic acids is 1. The van der Waals surface area contributed by atoms with Gasteiger partial charge in [-0.3, -0.25) is 4.79 Å². The third-order valence-electron chi connectivity index (χ3n) is 4.37. The van der Waals surface area contributed by atoms with Crippen LogP contribution in [0.25, 0.3) is 0 Å². The number of hydrogen-bond acceptors (Lipinski definition) is 1. The minimum Gasteiger partial charge on any atom is -0.345 e. The van der Waals surface area contributed by atoms with E-state index in [1.165, 1.54) is 5.56 Å². The van der Waals surface area contributed by atoms with Crippen LogP contribution >= 0.6 is 0 Å². The summed E-state index contributed by atoms with van der Waals surface area (Å²) in [6.45, 7) is 5.74. The predicted octanol–water partition coefficient (Wildman–Crippen LogP) is 4.29. The van der Waals surface area contributed by atoms with Crippen LogP contribution in [0.5, 0.6) is 0 Å². The van der Waals surface area contributed by atoms with Crippen molar-refractivity contribution in [3.8, 4) is 0 Å². The van der Waals surface area contributed by atoms with E-state index in [9.17, 15) is 4.79 Å². The van der Waals surface area contributed by atoms with E-state index in [1.54, 1.807) is 6.08 Å². The molecule has 0 radical (unpaired) electrons. The summed E-state index contributed by atoms with van der Waals surface area (Å²) in [5.41, 5.74) is 3.40. The van der Waals surface area contributed by atoms with Crippen LogP contribution in [0.3, 0.4) is 0 Å². The summed E-state index contributed by atoms with van der Waals surface area (Å²) in [7, 11) is 0. The van der Waals surface area contributed by atoms with Crippen LogP contribution < -0.4 is 0 Å². The van der Waals surface area contributed by atoms with Crippen molar-refractivity contribution in [3.63, 3.8) is 0 Å². The third kappa shape index (κ3) is 4.73. The highest BCUT2D eigenvalue weighted by molar-refractivity contribution is 5.78. The molecule has 0 aliphatic carbocycles. The largest absolute Gasteiger partial charge is 0.345 e. The molecular weight excluding hydrogens is 320 g/mol. The average Bonchev–Trinajstić information content (AvgIpc) is 3.10. The van der Waals surface area contributed by atoms with E-state index < -0.39 is 0 Å². The molecule has 0 unspecified atom stereocenters. The third-order valence-corrected chi connectivity index (χ3v) is 4.37. The number of aromatic nitrogens is 1. The monoisotopic (exact) mass is 344 g/mol. The lowest BCUT2D eigenvalue weighted by Gasteiger charge is -2.22. The number of nitrogens with zero attached hydrogens (tertiary/aromatic N) is 2. The molecular formula is C23H24N2O. The van der Waals surface area contributed by atoms with Crippen LogP contribution in [0.15, 0.2) is 91.6 Å². The second-order valence-corrected chi connectivity index (χ2v) is 6.34. The van der Waals surface area contributed by atoms with Gasteiger partial charge in [0.1, 0.15) is 0 Å². The van der Waals surface area contributed by atoms with Crippen molar-refractivity contribution in [1.29, 1.82) is 0 Å². The van der Waals surface area contributed by atoms with Gasteiger partial charge in [-0.2, -0.15) is 0 Å². The van der Waals surface area contributed by atoms with E-state index in [2.05, 4.69) is 35.5 Å². The highest BCUT2D eigenvalue weighted by atomic mass is 16.2. The normalized spacial score (nSPS) is 10.5. The number of benzene rings is 2. The molecule has 132 valence electrons. The van der Waals surface area contributed by atoms with Crippen LogP contribution in [-0.2, 0) is 24.3 Å². The zero-order valence-electron chi connectivity index (χ0n) is 14.9. The quantitative estimate of drug-likeness (QED) is 0.560. The van der Waals surface area contributed by atoms with E-state index in [0.717, 1.165) is 17.8 Å². The molecule has 1 aromatic heterocycles. The zero-order valence-corrected chi connectivity index (χ0v) is 14.9. The Balaban J connectivity index is 1.71. The molecule has 3 nitrogen and oxygen atoms in total. The van der Waals surface area contributed by atoms with Gasteiger partial charge in [0.05, 0.1) is 13.0 Å². The maximum atomic E-state index is 12.8. The Morgan fingerprint density at radius 3 is 2.23 bits per heavy atom. The molecule has 0 N–H and O–H groups in total. The molecule has 26 heavy (non-hydrogen) atoms. The van der Waals surface area contributed by atoms with E-state index in [-0.39, 0.29) is 5.91 Å². The van der Waals surface area contributed by atoms with E-state index in [4.69, 9.17) is 0 Å². The maximum absolute atomic E-state index is 12.8. The van der Waals surface area contributed by atoms with Crippen LogP contribution in [0, 0.1) is 0 Å². The van der Waals surface area contributed by atoms with E-state index in [1.807, 2.05) is 59.5 Å².